The van der Waals surface area contributed by atoms with E-state index < -0.39 is 31.6 Å². The van der Waals surface area contributed by atoms with Gasteiger partial charge in [0.05, 0.1) is 50.1 Å². The molecule has 10 nitrogen and oxygen atoms in total. The molecule has 0 spiro atoms. The monoisotopic (exact) mass is 1340 g/mol. The molecule has 456 valence electrons. The van der Waals surface area contributed by atoms with Gasteiger partial charge in [-0.1, -0.05) is 94.7 Å². The molecule has 78 heavy (non-hydrogen) atoms. The second kappa shape index (κ2) is 40.3. The van der Waals surface area contributed by atoms with Crippen LogP contribution in [-0.2, 0) is 52.4 Å². The van der Waals surface area contributed by atoms with Gasteiger partial charge in [0.2, 0.25) is 0 Å². The SMILES string of the molecule is CC(C)CB1OC(C)(C)C(C)(C)O1.CC(C)CC(B1OC(C)(C)C(C)(C)O1)N([Si](C)(C)C)[Si](C)(C)C.CC(C)CC(Cl)B1OC(C)(C)C(C)(C)O1.CC(C)CC([NH3+])B1OC(C)(C)C(C)(C)O1.Cl.Cl[CH-]Cl.[2H]CS.[Cl-].[Cl][Zn][Cl].[H-].[Li+].[Li+]. The molecule has 3 N–H and O–H groups in total. The van der Waals surface area contributed by atoms with Crippen molar-refractivity contribution in [3.63, 3.8) is 0 Å². The molecule has 0 radical (unpaired) electrons. The number of halogens is 7. The Morgan fingerprint density at radius 3 is 1.00 bits per heavy atom. The molecule has 3 unspecified atom stereocenters. The van der Waals surface area contributed by atoms with Crippen LogP contribution in [0.4, 0.5) is 0 Å². The summed E-state index contributed by atoms with van der Waals surface area (Å²) in [5.74, 6) is 3.02. The van der Waals surface area contributed by atoms with Crippen LogP contribution in [0.2, 0.25) is 45.6 Å². The van der Waals surface area contributed by atoms with Crippen LogP contribution < -0.4 is 55.9 Å². The first-order valence-electron chi connectivity index (χ1n) is 27.7. The van der Waals surface area contributed by atoms with Gasteiger partial charge in [-0.25, -0.2) is 0 Å². The van der Waals surface area contributed by atoms with Gasteiger partial charge in [0, 0.05) is 7.31 Å². The number of hydrogen-bond acceptors (Lipinski definition) is 10. The smallest absolute Gasteiger partial charge is 1.00 e. The van der Waals surface area contributed by atoms with E-state index in [9.17, 15) is 0 Å². The summed E-state index contributed by atoms with van der Waals surface area (Å²) < 4.78 is 57.2. The first-order valence-corrected chi connectivity index (χ1v) is 43.7. The number of hydrogen-bond donors (Lipinski definition) is 2. The molecule has 0 aromatic rings. The van der Waals surface area contributed by atoms with Gasteiger partial charge >= 0.3 is 101 Å². The Bertz CT molecular complexity index is 1480. The van der Waals surface area contributed by atoms with Gasteiger partial charge in [0.25, 0.3) is 0 Å². The summed E-state index contributed by atoms with van der Waals surface area (Å²) in [6, 6.07) is 0. The Labute approximate surface area is 562 Å². The number of quaternary nitrogens is 1. The van der Waals surface area contributed by atoms with E-state index in [2.05, 4.69) is 224 Å². The van der Waals surface area contributed by atoms with Crippen molar-refractivity contribution in [2.24, 2.45) is 23.7 Å². The third kappa shape index (κ3) is 32.8. The third-order valence-electron chi connectivity index (χ3n) is 14.7. The fourth-order valence-electron chi connectivity index (χ4n) is 8.71. The van der Waals surface area contributed by atoms with Gasteiger partial charge in [0.1, 0.15) is 22.4 Å². The minimum atomic E-state index is -1.48. The van der Waals surface area contributed by atoms with Crippen LogP contribution in [-0.4, -0.2) is 117 Å². The largest absolute Gasteiger partial charge is 1.00 e. The van der Waals surface area contributed by atoms with E-state index in [0.717, 1.165) is 30.9 Å². The van der Waals surface area contributed by atoms with E-state index in [1.165, 1.54) is 0 Å². The molecule has 0 amide bonds. The van der Waals surface area contributed by atoms with Crippen LogP contribution in [0.1, 0.15) is 188 Å². The quantitative estimate of drug-likeness (QED) is 0.0802. The van der Waals surface area contributed by atoms with Crippen molar-refractivity contribution in [2.75, 3.05) is 6.23 Å². The Balaban J connectivity index is -0.000000136. The minimum Gasteiger partial charge on any atom is -1.00 e. The first-order chi connectivity index (χ1) is 33.3. The van der Waals surface area contributed by atoms with Gasteiger partial charge in [-0.3, -0.25) is 0 Å². The maximum atomic E-state index is 6.48. The molecule has 0 aromatic heterocycles. The van der Waals surface area contributed by atoms with Crippen LogP contribution in [0.5, 0.6) is 0 Å². The maximum Gasteiger partial charge on any atom is 1.00 e. The minimum absolute atomic E-state index is 0. The summed E-state index contributed by atoms with van der Waals surface area (Å²) in [6.45, 7) is 66.0. The van der Waals surface area contributed by atoms with Gasteiger partial charge in [-0.05, 0) is 166 Å². The van der Waals surface area contributed by atoms with Gasteiger partial charge < -0.3 is 84.2 Å². The summed E-state index contributed by atoms with van der Waals surface area (Å²) in [6.07, 6.45) is 4.26. The summed E-state index contributed by atoms with van der Waals surface area (Å²) in [7, 11) is 6.37. The molecular formula is C51H115B4Cl7Li2N2O8SSi2Zn. The van der Waals surface area contributed by atoms with Crippen LogP contribution in [0.25, 0.3) is 0 Å². The fourth-order valence-corrected chi connectivity index (χ4v) is 19.7. The molecule has 3 atom stereocenters. The van der Waals surface area contributed by atoms with Crippen LogP contribution in [0.3, 0.4) is 0 Å². The predicted octanol–water partition coefficient (Wildman–Crippen LogP) is 7.34. The zero-order valence-corrected chi connectivity index (χ0v) is 66.9. The van der Waals surface area contributed by atoms with Crippen molar-refractivity contribution in [3.8, 4) is 0 Å². The predicted molar refractivity (Wildman–Crippen MR) is 342 cm³/mol. The van der Waals surface area contributed by atoms with Gasteiger partial charge in [0.15, 0.2) is 0 Å². The molecule has 0 saturated carbocycles. The van der Waals surface area contributed by atoms with Crippen molar-refractivity contribution in [3.05, 3.63) is 5.34 Å². The van der Waals surface area contributed by atoms with Crippen molar-refractivity contribution in [1.82, 2.24) is 4.23 Å². The molecule has 4 rings (SSSR count). The van der Waals surface area contributed by atoms with Gasteiger partial charge in [-0.15, -0.1) is 24.0 Å². The number of nitrogens with zero attached hydrogens (tertiary/aromatic N) is 1. The molecule has 4 heterocycles. The first kappa shape index (κ1) is 93.6. The molecular weight excluding hydrogens is 1230 g/mol. The summed E-state index contributed by atoms with van der Waals surface area (Å²) in [4.78, 5) is 0. The molecule has 0 aliphatic carbocycles. The zero-order valence-electron chi connectivity index (χ0n) is 57.7. The van der Waals surface area contributed by atoms with Crippen molar-refractivity contribution < 1.29 is 111 Å². The van der Waals surface area contributed by atoms with E-state index in [1.54, 1.807) is 0 Å². The van der Waals surface area contributed by atoms with E-state index in [1.807, 2.05) is 27.7 Å². The van der Waals surface area contributed by atoms with Crippen molar-refractivity contribution >= 4 is 124 Å². The van der Waals surface area contributed by atoms with E-state index >= 15 is 0 Å². The molecule has 4 aliphatic heterocycles. The summed E-state index contributed by atoms with van der Waals surface area (Å²) >= 11 is 18.1. The molecule has 27 heteroatoms. The van der Waals surface area contributed by atoms with E-state index in [0.29, 0.717) is 29.6 Å². The Hall–Kier alpha value is 4.49. The van der Waals surface area contributed by atoms with E-state index in [4.69, 9.17) is 69.6 Å². The van der Waals surface area contributed by atoms with E-state index in [-0.39, 0.29) is 155 Å². The van der Waals surface area contributed by atoms with Gasteiger partial charge in [-0.2, -0.15) is 18.0 Å². The second-order valence-electron chi connectivity index (χ2n) is 27.8. The molecule has 0 bridgehead atoms. The average Bonchev–Trinajstić information content (AvgIpc) is 3.70. The van der Waals surface area contributed by atoms with Crippen LogP contribution >= 0.6 is 79.2 Å². The summed E-state index contributed by atoms with van der Waals surface area (Å²) in [5, 5.41) is 0.881. The van der Waals surface area contributed by atoms with Crippen molar-refractivity contribution in [2.45, 2.75) is 293 Å². The molecule has 4 fully saturated rings. The Morgan fingerprint density at radius 1 is 0.538 bits per heavy atom. The van der Waals surface area contributed by atoms with Crippen LogP contribution in [0.15, 0.2) is 0 Å². The normalized spacial score (nSPS) is 21.6. The van der Waals surface area contributed by atoms with Crippen molar-refractivity contribution in [1.29, 1.82) is 0 Å². The molecule has 4 aliphatic rings. The standard InChI is InChI=1S/C17H40BNO2Si2.C11H22BClO2.C11H24BNO2.C10H21BO2.CHCl2.CH4S.4ClH.2Li.Zn.H/c1-14(2)13-15(19(22(7,8)9)23(10,11)12)18-20-16(3,4)17(5,6)21-18;2*1-8(2)7-9(13)12-14-10(3,4)11(5,6)15-12;1-8(2)7-11-12-9(3,4)10(5,6)13-11;2-1-3;1-2;;;;;;;;/h14-15H,13H2,1-12H3;8-9H,7H2,1-6H3;8-9H,7,13H2,1-6H3;8H,7H2,1-6H3;1H;2H,1H3;4*1H;;;;/q;;;;-1;;;;;;2*+1;+2;-1/p-2/i;;;;;1D;;;;;;;;. The third-order valence-corrected chi connectivity index (χ3v) is 22.7. The van der Waals surface area contributed by atoms with Crippen LogP contribution in [0, 0.1) is 29.0 Å². The average molecular weight is 1340 g/mol. The number of thiol groups is 1. The summed E-state index contributed by atoms with van der Waals surface area (Å²) in [5.41, 5.74) is 2.27. The topological polar surface area (TPSA) is 105 Å². The second-order valence-corrected chi connectivity index (χ2v) is 43.8. The zero-order chi connectivity index (χ0) is 60.5. The number of alkyl halides is 1. The molecule has 4 saturated heterocycles. The molecule has 0 aromatic carbocycles. The fraction of sp³-hybridized carbons (Fsp3) is 0.980. The Morgan fingerprint density at radius 2 is 0.769 bits per heavy atom. The maximum absolute atomic E-state index is 6.48. The number of rotatable bonds is 14. The Kier molecular flexibility index (Phi) is 48.3.